The van der Waals surface area contributed by atoms with E-state index in [1.165, 1.54) is 0 Å². The van der Waals surface area contributed by atoms with E-state index < -0.39 is 5.97 Å². The minimum atomic E-state index is -0.404. The van der Waals surface area contributed by atoms with Crippen LogP contribution in [0.4, 0.5) is 0 Å². The highest BCUT2D eigenvalue weighted by molar-refractivity contribution is 5.96. The Balaban J connectivity index is 2.36. The Kier molecular flexibility index (Phi) is 5.79. The van der Waals surface area contributed by atoms with Crippen LogP contribution in [0.3, 0.4) is 0 Å². The van der Waals surface area contributed by atoms with Crippen molar-refractivity contribution in [1.29, 1.82) is 0 Å². The third-order valence-corrected chi connectivity index (χ3v) is 4.06. The number of hydrogen-bond donors (Lipinski definition) is 0. The predicted octanol–water partition coefficient (Wildman–Crippen LogP) is 2.02. The van der Waals surface area contributed by atoms with Crippen molar-refractivity contribution >= 4 is 11.8 Å². The summed E-state index contributed by atoms with van der Waals surface area (Å²) < 4.78 is 4.78. The van der Waals surface area contributed by atoms with Crippen LogP contribution in [-0.2, 0) is 14.3 Å². The molecule has 4 nitrogen and oxygen atoms in total. The number of esters is 1. The van der Waals surface area contributed by atoms with Crippen LogP contribution in [-0.4, -0.2) is 42.9 Å². The van der Waals surface area contributed by atoms with Crippen LogP contribution in [0.25, 0.3) is 0 Å². The largest absolute Gasteiger partial charge is 0.466 e. The lowest BCUT2D eigenvalue weighted by molar-refractivity contribution is -0.145. The van der Waals surface area contributed by atoms with Gasteiger partial charge in [-0.25, -0.2) is 0 Å². The van der Waals surface area contributed by atoms with E-state index in [9.17, 15) is 9.59 Å². The van der Waals surface area contributed by atoms with Gasteiger partial charge in [-0.15, -0.1) is 0 Å². The number of carbonyl (C=O) groups is 2. The van der Waals surface area contributed by atoms with Crippen molar-refractivity contribution in [3.8, 4) is 0 Å². The fourth-order valence-corrected chi connectivity index (χ4v) is 2.67. The molecule has 1 heterocycles. The maximum atomic E-state index is 11.7. The second-order valence-electron chi connectivity index (χ2n) is 5.19. The lowest BCUT2D eigenvalue weighted by Crippen LogP contribution is -2.31. The van der Waals surface area contributed by atoms with Gasteiger partial charge in [0.05, 0.1) is 13.2 Å². The van der Waals surface area contributed by atoms with Gasteiger partial charge in [0.15, 0.2) is 5.78 Å². The summed E-state index contributed by atoms with van der Waals surface area (Å²) in [7, 11) is 0. The lowest BCUT2D eigenvalue weighted by Gasteiger charge is -2.26. The summed E-state index contributed by atoms with van der Waals surface area (Å²) in [5.41, 5.74) is 0.379. The van der Waals surface area contributed by atoms with Crippen molar-refractivity contribution in [2.75, 3.05) is 26.2 Å². The molecule has 0 aromatic heterocycles. The lowest BCUT2D eigenvalue weighted by atomic mass is 9.82. The van der Waals surface area contributed by atoms with E-state index in [4.69, 9.17) is 4.74 Å². The number of likely N-dealkylation sites (tertiary alicyclic amines) is 1. The number of ether oxygens (including phenoxy) is 1. The molecule has 4 heteroatoms. The first-order chi connectivity index (χ1) is 8.55. The predicted molar refractivity (Wildman–Crippen MR) is 70.3 cm³/mol. The summed E-state index contributed by atoms with van der Waals surface area (Å²) in [4.78, 5) is 25.1. The van der Waals surface area contributed by atoms with Gasteiger partial charge in [-0.1, -0.05) is 13.8 Å². The molecule has 0 bridgehead atoms. The van der Waals surface area contributed by atoms with Gasteiger partial charge in [-0.2, -0.15) is 0 Å². The minimum absolute atomic E-state index is 0.0311. The minimum Gasteiger partial charge on any atom is -0.466 e. The van der Waals surface area contributed by atoms with E-state index in [2.05, 4.69) is 18.7 Å². The molecule has 0 unspecified atom stereocenters. The number of Topliss-reactive ketones (excluding diaryl/α,β-unsaturated/α-hetero) is 1. The number of ketones is 1. The maximum Gasteiger partial charge on any atom is 0.313 e. The van der Waals surface area contributed by atoms with Crippen LogP contribution < -0.4 is 0 Å². The quantitative estimate of drug-likeness (QED) is 0.516. The highest BCUT2D eigenvalue weighted by Gasteiger charge is 2.35. The van der Waals surface area contributed by atoms with Crippen LogP contribution in [0.15, 0.2) is 0 Å². The molecule has 0 aliphatic carbocycles. The Morgan fingerprint density at radius 1 is 1.22 bits per heavy atom. The van der Waals surface area contributed by atoms with E-state index in [-0.39, 0.29) is 12.2 Å². The zero-order valence-electron chi connectivity index (χ0n) is 11.8. The number of rotatable bonds is 7. The second-order valence-corrected chi connectivity index (χ2v) is 5.19. The van der Waals surface area contributed by atoms with E-state index in [0.29, 0.717) is 18.6 Å². The van der Waals surface area contributed by atoms with E-state index >= 15 is 0 Å². The van der Waals surface area contributed by atoms with E-state index in [0.717, 1.165) is 32.4 Å². The summed E-state index contributed by atoms with van der Waals surface area (Å²) in [6, 6.07) is 0. The molecular formula is C14H25NO3. The Bertz CT molecular complexity index is 297. The van der Waals surface area contributed by atoms with Gasteiger partial charge in [0, 0.05) is 6.54 Å². The molecule has 1 aliphatic heterocycles. The first-order valence-corrected chi connectivity index (χ1v) is 6.95. The van der Waals surface area contributed by atoms with Crippen LogP contribution in [0, 0.1) is 5.41 Å². The summed E-state index contributed by atoms with van der Waals surface area (Å²) in [6.07, 6.45) is 3.39. The smallest absolute Gasteiger partial charge is 0.313 e. The molecular weight excluding hydrogens is 230 g/mol. The van der Waals surface area contributed by atoms with Crippen molar-refractivity contribution in [3.63, 3.8) is 0 Å². The van der Waals surface area contributed by atoms with Crippen LogP contribution in [0.1, 0.15) is 46.5 Å². The average Bonchev–Trinajstić information content (AvgIpc) is 2.73. The molecule has 0 spiro atoms. The molecule has 0 aromatic carbocycles. The molecule has 0 N–H and O–H groups in total. The standard InChI is InChI=1S/C14H25NO3/c1-4-14(5-2)7-8-15(11-14)10-12(16)9-13(17)18-6-3/h4-11H2,1-3H3. The summed E-state index contributed by atoms with van der Waals surface area (Å²) in [5.74, 6) is -0.435. The molecule has 104 valence electrons. The van der Waals surface area contributed by atoms with Gasteiger partial charge in [-0.05, 0) is 38.1 Å². The van der Waals surface area contributed by atoms with Crippen molar-refractivity contribution in [1.82, 2.24) is 4.90 Å². The van der Waals surface area contributed by atoms with Gasteiger partial charge in [0.2, 0.25) is 0 Å². The molecule has 1 saturated heterocycles. The first-order valence-electron chi connectivity index (χ1n) is 6.95. The van der Waals surface area contributed by atoms with Crippen LogP contribution >= 0.6 is 0 Å². The Labute approximate surface area is 110 Å². The van der Waals surface area contributed by atoms with Crippen molar-refractivity contribution in [3.05, 3.63) is 0 Å². The normalized spacial score (nSPS) is 18.8. The Morgan fingerprint density at radius 2 is 1.89 bits per heavy atom. The van der Waals surface area contributed by atoms with Crippen molar-refractivity contribution in [2.24, 2.45) is 5.41 Å². The van der Waals surface area contributed by atoms with E-state index in [1.54, 1.807) is 6.92 Å². The molecule has 0 amide bonds. The number of hydrogen-bond acceptors (Lipinski definition) is 4. The van der Waals surface area contributed by atoms with Gasteiger partial charge in [0.25, 0.3) is 0 Å². The molecule has 0 radical (unpaired) electrons. The third-order valence-electron chi connectivity index (χ3n) is 4.06. The topological polar surface area (TPSA) is 46.6 Å². The van der Waals surface area contributed by atoms with Gasteiger partial charge < -0.3 is 4.74 Å². The highest BCUT2D eigenvalue weighted by Crippen LogP contribution is 2.36. The average molecular weight is 255 g/mol. The van der Waals surface area contributed by atoms with Gasteiger partial charge in [0.1, 0.15) is 6.42 Å². The maximum absolute atomic E-state index is 11.7. The van der Waals surface area contributed by atoms with Gasteiger partial charge >= 0.3 is 5.97 Å². The summed E-state index contributed by atoms with van der Waals surface area (Å²) in [6.45, 7) is 8.86. The molecule has 0 atom stereocenters. The van der Waals surface area contributed by atoms with Crippen molar-refractivity contribution < 1.29 is 14.3 Å². The molecule has 1 rings (SSSR count). The fourth-order valence-electron chi connectivity index (χ4n) is 2.67. The van der Waals surface area contributed by atoms with E-state index in [1.807, 2.05) is 0 Å². The number of nitrogens with zero attached hydrogens (tertiary/aromatic N) is 1. The zero-order chi connectivity index (χ0) is 13.6. The summed E-state index contributed by atoms with van der Waals surface area (Å²) >= 11 is 0. The summed E-state index contributed by atoms with van der Waals surface area (Å²) in [5, 5.41) is 0. The number of carbonyl (C=O) groups excluding carboxylic acids is 2. The first kappa shape index (κ1) is 15.2. The fraction of sp³-hybridized carbons (Fsp3) is 0.857. The van der Waals surface area contributed by atoms with Crippen molar-refractivity contribution in [2.45, 2.75) is 46.5 Å². The highest BCUT2D eigenvalue weighted by atomic mass is 16.5. The van der Waals surface area contributed by atoms with Crippen LogP contribution in [0.5, 0.6) is 0 Å². The third kappa shape index (κ3) is 4.09. The molecule has 1 fully saturated rings. The Hall–Kier alpha value is -0.900. The van der Waals surface area contributed by atoms with Gasteiger partial charge in [-0.3, -0.25) is 14.5 Å². The molecule has 0 saturated carbocycles. The Morgan fingerprint density at radius 3 is 2.39 bits per heavy atom. The molecule has 1 aliphatic rings. The van der Waals surface area contributed by atoms with Crippen LogP contribution in [0.2, 0.25) is 0 Å². The molecule has 18 heavy (non-hydrogen) atoms. The molecule has 0 aromatic rings. The second kappa shape index (κ2) is 6.88. The monoisotopic (exact) mass is 255 g/mol. The zero-order valence-corrected chi connectivity index (χ0v) is 11.8. The SMILES string of the molecule is CCOC(=O)CC(=O)CN1CCC(CC)(CC)C1.